The van der Waals surface area contributed by atoms with E-state index < -0.39 is 10.9 Å². The minimum Gasteiger partial charge on any atom is -0.458 e. The molecule has 0 saturated heterocycles. The van der Waals surface area contributed by atoms with Crippen LogP contribution in [0.4, 0.5) is 5.69 Å². The van der Waals surface area contributed by atoms with Gasteiger partial charge in [-0.1, -0.05) is 0 Å². The van der Waals surface area contributed by atoms with Gasteiger partial charge < -0.3 is 4.74 Å². The summed E-state index contributed by atoms with van der Waals surface area (Å²) in [4.78, 5) is 24.9. The molecule has 0 unspecified atom stereocenters. The van der Waals surface area contributed by atoms with Crippen LogP contribution < -0.4 is 0 Å². The van der Waals surface area contributed by atoms with Gasteiger partial charge in [-0.3, -0.25) is 10.1 Å². The molecular weight excluding hydrogens is 200 g/mol. The highest BCUT2D eigenvalue weighted by molar-refractivity contribution is 5.91. The third-order valence-electron chi connectivity index (χ3n) is 1.52. The van der Waals surface area contributed by atoms with Crippen molar-refractivity contribution >= 4 is 11.7 Å². The van der Waals surface area contributed by atoms with Crippen LogP contribution in [0.1, 0.15) is 24.3 Å². The van der Waals surface area contributed by atoms with Gasteiger partial charge >= 0.3 is 11.7 Å². The first-order valence-electron chi connectivity index (χ1n) is 4.32. The van der Waals surface area contributed by atoms with Gasteiger partial charge in [0.05, 0.1) is 11.0 Å². The Morgan fingerprint density at radius 1 is 1.60 bits per heavy atom. The minimum atomic E-state index is -0.780. The van der Waals surface area contributed by atoms with E-state index in [2.05, 4.69) is 4.98 Å². The van der Waals surface area contributed by atoms with E-state index in [1.54, 1.807) is 13.8 Å². The van der Waals surface area contributed by atoms with Gasteiger partial charge in [0.1, 0.15) is 0 Å². The van der Waals surface area contributed by atoms with Gasteiger partial charge in [0.2, 0.25) is 5.69 Å². The van der Waals surface area contributed by atoms with Crippen molar-refractivity contribution in [2.75, 3.05) is 0 Å². The summed E-state index contributed by atoms with van der Waals surface area (Å²) in [5.41, 5.74) is -0.612. The van der Waals surface area contributed by atoms with E-state index >= 15 is 0 Å². The zero-order valence-electron chi connectivity index (χ0n) is 8.34. The maximum absolute atomic E-state index is 11.4. The highest BCUT2D eigenvalue weighted by Gasteiger charge is 2.22. The second-order valence-electron chi connectivity index (χ2n) is 3.08. The molecule has 1 aromatic rings. The number of rotatable bonds is 3. The number of hydrogen-bond acceptors (Lipinski definition) is 5. The number of ether oxygens (including phenoxy) is 1. The molecule has 1 rings (SSSR count). The van der Waals surface area contributed by atoms with Crippen LogP contribution in [0.2, 0.25) is 0 Å². The van der Waals surface area contributed by atoms with Gasteiger partial charge in [0.25, 0.3) is 0 Å². The first-order chi connectivity index (χ1) is 7.02. The summed E-state index contributed by atoms with van der Waals surface area (Å²) in [5.74, 6) is -0.780. The zero-order valence-corrected chi connectivity index (χ0v) is 8.34. The van der Waals surface area contributed by atoms with Crippen molar-refractivity contribution in [3.05, 3.63) is 34.1 Å². The summed E-state index contributed by atoms with van der Waals surface area (Å²) in [6.45, 7) is 3.32. The van der Waals surface area contributed by atoms with E-state index in [0.717, 1.165) is 0 Å². The average molecular weight is 210 g/mol. The van der Waals surface area contributed by atoms with Crippen molar-refractivity contribution in [3.8, 4) is 0 Å². The van der Waals surface area contributed by atoms with Crippen molar-refractivity contribution in [1.82, 2.24) is 4.98 Å². The summed E-state index contributed by atoms with van der Waals surface area (Å²) in [7, 11) is 0. The van der Waals surface area contributed by atoms with Crippen molar-refractivity contribution in [1.29, 1.82) is 0 Å². The SMILES string of the molecule is CC(C)OC(=O)c1ncccc1[N+](=O)[O-]. The fourth-order valence-electron chi connectivity index (χ4n) is 0.971. The maximum atomic E-state index is 11.4. The second-order valence-corrected chi connectivity index (χ2v) is 3.08. The summed E-state index contributed by atoms with van der Waals surface area (Å²) < 4.78 is 4.82. The molecule has 0 atom stereocenters. The van der Waals surface area contributed by atoms with Crippen molar-refractivity contribution in [2.24, 2.45) is 0 Å². The van der Waals surface area contributed by atoms with Crippen LogP contribution in [0.25, 0.3) is 0 Å². The molecule has 1 heterocycles. The van der Waals surface area contributed by atoms with Gasteiger partial charge in [0, 0.05) is 12.3 Å². The van der Waals surface area contributed by atoms with E-state index in [4.69, 9.17) is 4.74 Å². The molecule has 0 radical (unpaired) electrons. The number of aromatic nitrogens is 1. The summed E-state index contributed by atoms with van der Waals surface area (Å²) in [6, 6.07) is 2.61. The highest BCUT2D eigenvalue weighted by Crippen LogP contribution is 2.16. The van der Waals surface area contributed by atoms with Crippen LogP contribution >= 0.6 is 0 Å². The van der Waals surface area contributed by atoms with Crippen LogP contribution in [0.5, 0.6) is 0 Å². The Hall–Kier alpha value is -1.98. The number of carbonyl (C=O) groups excluding carboxylic acids is 1. The first-order valence-corrected chi connectivity index (χ1v) is 4.32. The molecule has 15 heavy (non-hydrogen) atoms. The van der Waals surface area contributed by atoms with Crippen molar-refractivity contribution < 1.29 is 14.5 Å². The Labute approximate surface area is 86.0 Å². The lowest BCUT2D eigenvalue weighted by atomic mass is 10.3. The molecule has 0 aliphatic carbocycles. The summed E-state index contributed by atoms with van der Waals surface area (Å²) in [6.07, 6.45) is 0.975. The number of esters is 1. The van der Waals surface area contributed by atoms with Gasteiger partial charge in [-0.15, -0.1) is 0 Å². The molecule has 0 aliphatic heterocycles. The average Bonchev–Trinajstić information content (AvgIpc) is 2.16. The van der Waals surface area contributed by atoms with E-state index in [9.17, 15) is 14.9 Å². The molecule has 0 aliphatic rings. The van der Waals surface area contributed by atoms with Crippen LogP contribution in [0.15, 0.2) is 18.3 Å². The maximum Gasteiger partial charge on any atom is 0.364 e. The Bertz CT molecular complexity index is 389. The molecular formula is C9H10N2O4. The Morgan fingerprint density at radius 2 is 2.27 bits per heavy atom. The predicted molar refractivity (Wildman–Crippen MR) is 51.4 cm³/mol. The third-order valence-corrected chi connectivity index (χ3v) is 1.52. The Morgan fingerprint density at radius 3 is 2.80 bits per heavy atom. The molecule has 6 nitrogen and oxygen atoms in total. The normalized spacial score (nSPS) is 10.1. The lowest BCUT2D eigenvalue weighted by molar-refractivity contribution is -0.385. The number of hydrogen-bond donors (Lipinski definition) is 0. The predicted octanol–water partition coefficient (Wildman–Crippen LogP) is 1.55. The van der Waals surface area contributed by atoms with Gasteiger partial charge in [-0.05, 0) is 19.9 Å². The standard InChI is InChI=1S/C9H10N2O4/c1-6(2)15-9(12)8-7(11(13)14)4-3-5-10-8/h3-6H,1-2H3. The molecule has 0 fully saturated rings. The van der Waals surface area contributed by atoms with Gasteiger partial charge in [-0.25, -0.2) is 9.78 Å². The van der Waals surface area contributed by atoms with Crippen molar-refractivity contribution in [2.45, 2.75) is 20.0 Å². The quantitative estimate of drug-likeness (QED) is 0.429. The van der Waals surface area contributed by atoms with E-state index in [1.165, 1.54) is 18.3 Å². The second kappa shape index (κ2) is 4.50. The van der Waals surface area contributed by atoms with E-state index in [-0.39, 0.29) is 17.5 Å². The summed E-state index contributed by atoms with van der Waals surface area (Å²) >= 11 is 0. The van der Waals surface area contributed by atoms with Crippen LogP contribution in [-0.4, -0.2) is 22.0 Å². The molecule has 0 N–H and O–H groups in total. The fourth-order valence-corrected chi connectivity index (χ4v) is 0.971. The lowest BCUT2D eigenvalue weighted by Gasteiger charge is -2.06. The number of nitro groups is 1. The molecule has 0 saturated carbocycles. The topological polar surface area (TPSA) is 82.3 Å². The smallest absolute Gasteiger partial charge is 0.364 e. The zero-order chi connectivity index (χ0) is 11.4. The lowest BCUT2D eigenvalue weighted by Crippen LogP contribution is -2.14. The number of pyridine rings is 1. The Balaban J connectivity index is 3.03. The molecule has 0 spiro atoms. The van der Waals surface area contributed by atoms with Crippen LogP contribution in [-0.2, 0) is 4.74 Å². The van der Waals surface area contributed by atoms with E-state index in [1.807, 2.05) is 0 Å². The minimum absolute atomic E-state index is 0.267. The van der Waals surface area contributed by atoms with Crippen molar-refractivity contribution in [3.63, 3.8) is 0 Å². The fraction of sp³-hybridized carbons (Fsp3) is 0.333. The molecule has 0 aromatic carbocycles. The van der Waals surface area contributed by atoms with Crippen LogP contribution in [0.3, 0.4) is 0 Å². The monoisotopic (exact) mass is 210 g/mol. The van der Waals surface area contributed by atoms with Gasteiger partial charge in [-0.2, -0.15) is 0 Å². The number of carbonyl (C=O) groups is 1. The van der Waals surface area contributed by atoms with E-state index in [0.29, 0.717) is 0 Å². The van der Waals surface area contributed by atoms with Crippen LogP contribution in [0, 0.1) is 10.1 Å². The third kappa shape index (κ3) is 2.73. The summed E-state index contributed by atoms with van der Waals surface area (Å²) in [5, 5.41) is 10.6. The molecule has 0 amide bonds. The molecule has 6 heteroatoms. The number of nitrogens with zero attached hydrogens (tertiary/aromatic N) is 2. The van der Waals surface area contributed by atoms with Gasteiger partial charge in [0.15, 0.2) is 0 Å². The Kier molecular flexibility index (Phi) is 3.33. The largest absolute Gasteiger partial charge is 0.458 e. The highest BCUT2D eigenvalue weighted by atomic mass is 16.6. The first kappa shape index (κ1) is 11.1. The molecule has 1 aromatic heterocycles. The molecule has 80 valence electrons. The molecule has 0 bridgehead atoms.